The lowest BCUT2D eigenvalue weighted by atomic mass is 10.3. The van der Waals surface area contributed by atoms with Gasteiger partial charge >= 0.3 is 10.4 Å². The van der Waals surface area contributed by atoms with E-state index in [0.717, 1.165) is 5.69 Å². The van der Waals surface area contributed by atoms with E-state index in [4.69, 9.17) is 0 Å². The monoisotopic (exact) mass is 201 g/mol. The van der Waals surface area contributed by atoms with Gasteiger partial charge in [-0.1, -0.05) is 0 Å². The summed E-state index contributed by atoms with van der Waals surface area (Å²) in [5.74, 6) is 0.436. The molecule has 6 heteroatoms. The zero-order valence-electron chi connectivity index (χ0n) is 6.77. The maximum atomic E-state index is 10.8. The molecule has 5 nitrogen and oxygen atoms in total. The summed E-state index contributed by atoms with van der Waals surface area (Å²) in [7, 11) is -2.13. The van der Waals surface area contributed by atoms with Gasteiger partial charge in [0.15, 0.2) is 11.5 Å². The Bertz CT molecular complexity index is 440. The maximum absolute atomic E-state index is 10.8. The molecule has 1 aliphatic rings. The second-order valence-corrected chi connectivity index (χ2v) is 3.64. The number of rotatable bonds is 1. The Balaban J connectivity index is 2.47. The van der Waals surface area contributed by atoms with E-state index in [1.54, 1.807) is 19.2 Å². The van der Waals surface area contributed by atoms with Crippen LogP contribution in [0.2, 0.25) is 0 Å². The third-order valence-electron chi connectivity index (χ3n) is 1.62. The molecule has 0 aliphatic carbocycles. The van der Waals surface area contributed by atoms with Gasteiger partial charge in [0.05, 0.1) is 0 Å². The number of hydrogen-bond acceptors (Lipinski definition) is 5. The van der Waals surface area contributed by atoms with E-state index in [1.807, 2.05) is 0 Å². The van der Waals surface area contributed by atoms with Crippen molar-refractivity contribution in [1.29, 1.82) is 0 Å². The van der Waals surface area contributed by atoms with Crippen LogP contribution in [-0.4, -0.2) is 15.5 Å². The minimum Gasteiger partial charge on any atom is -0.388 e. The Labute approximate surface area is 75.6 Å². The first-order chi connectivity index (χ1) is 6.11. The highest BCUT2D eigenvalue weighted by atomic mass is 32.3. The van der Waals surface area contributed by atoms with Crippen molar-refractivity contribution in [2.24, 2.45) is 0 Å². The van der Waals surface area contributed by atoms with Gasteiger partial charge in [-0.25, -0.2) is 0 Å². The first-order valence-electron chi connectivity index (χ1n) is 3.56. The largest absolute Gasteiger partial charge is 0.501 e. The van der Waals surface area contributed by atoms with Crippen LogP contribution >= 0.6 is 0 Å². The molecule has 13 heavy (non-hydrogen) atoms. The summed E-state index contributed by atoms with van der Waals surface area (Å²) < 4.78 is 30.7. The zero-order valence-corrected chi connectivity index (χ0v) is 7.59. The van der Waals surface area contributed by atoms with Crippen molar-refractivity contribution in [2.75, 3.05) is 12.4 Å². The van der Waals surface area contributed by atoms with Gasteiger partial charge in [0.1, 0.15) is 0 Å². The number of hydrogen-bond donors (Lipinski definition) is 1. The van der Waals surface area contributed by atoms with Gasteiger partial charge < -0.3 is 13.7 Å². The van der Waals surface area contributed by atoms with Gasteiger partial charge in [0.25, 0.3) is 0 Å². The third-order valence-corrected chi connectivity index (χ3v) is 2.38. The highest BCUT2D eigenvalue weighted by Gasteiger charge is 2.28. The molecule has 0 radical (unpaired) electrons. The Kier molecular flexibility index (Phi) is 1.59. The number of fused-ring (bicyclic) bond motifs is 1. The quantitative estimate of drug-likeness (QED) is 0.726. The average molecular weight is 201 g/mol. The second kappa shape index (κ2) is 2.53. The van der Waals surface area contributed by atoms with Gasteiger partial charge in [-0.15, -0.1) is 8.42 Å². The fourth-order valence-electron chi connectivity index (χ4n) is 1.03. The molecule has 0 unspecified atom stereocenters. The van der Waals surface area contributed by atoms with E-state index in [9.17, 15) is 8.42 Å². The predicted octanol–water partition coefficient (Wildman–Crippen LogP) is 0.744. The van der Waals surface area contributed by atoms with Gasteiger partial charge in [-0.3, -0.25) is 0 Å². The molecule has 1 aromatic carbocycles. The standard InChI is InChI=1S/C7H7NO4S/c1-8-5-2-3-6-7(4-5)12-13(9,10)11-6/h2-4,8H,1H3. The summed E-state index contributed by atoms with van der Waals surface area (Å²) in [5, 5.41) is 2.85. The molecule has 0 saturated heterocycles. The maximum Gasteiger partial charge on any atom is 0.501 e. The van der Waals surface area contributed by atoms with Crippen molar-refractivity contribution < 1.29 is 16.8 Å². The topological polar surface area (TPSA) is 64.6 Å². The van der Waals surface area contributed by atoms with E-state index < -0.39 is 10.4 Å². The first-order valence-corrected chi connectivity index (χ1v) is 4.90. The fourth-order valence-corrected chi connectivity index (χ4v) is 1.78. The lowest BCUT2D eigenvalue weighted by Crippen LogP contribution is -2.07. The van der Waals surface area contributed by atoms with Crippen molar-refractivity contribution in [1.82, 2.24) is 0 Å². The van der Waals surface area contributed by atoms with Crippen molar-refractivity contribution in [2.45, 2.75) is 0 Å². The summed E-state index contributed by atoms with van der Waals surface area (Å²) in [6.45, 7) is 0. The Hall–Kier alpha value is -1.43. The zero-order chi connectivity index (χ0) is 9.47. The summed E-state index contributed by atoms with van der Waals surface area (Å²) in [6, 6.07) is 4.79. The van der Waals surface area contributed by atoms with Crippen molar-refractivity contribution in [3.63, 3.8) is 0 Å². The van der Waals surface area contributed by atoms with Gasteiger partial charge in [0, 0.05) is 18.8 Å². The summed E-state index contributed by atoms with van der Waals surface area (Å²) >= 11 is 0. The molecule has 0 amide bonds. The first kappa shape index (κ1) is 8.18. The molecule has 1 aliphatic heterocycles. The Morgan fingerprint density at radius 2 is 1.92 bits per heavy atom. The van der Waals surface area contributed by atoms with Gasteiger partial charge in [0.2, 0.25) is 0 Å². The van der Waals surface area contributed by atoms with Crippen LogP contribution < -0.4 is 13.7 Å². The molecule has 0 saturated carbocycles. The molecular formula is C7H7NO4S. The van der Waals surface area contributed by atoms with Crippen molar-refractivity contribution in [3.05, 3.63) is 18.2 Å². The highest BCUT2D eigenvalue weighted by Crippen LogP contribution is 2.37. The molecule has 0 spiro atoms. The second-order valence-electron chi connectivity index (χ2n) is 2.49. The summed E-state index contributed by atoms with van der Waals surface area (Å²) in [4.78, 5) is 0. The summed E-state index contributed by atoms with van der Waals surface area (Å²) in [6.07, 6.45) is 0. The smallest absolute Gasteiger partial charge is 0.388 e. The van der Waals surface area contributed by atoms with Gasteiger partial charge in [-0.05, 0) is 12.1 Å². The molecule has 0 bridgehead atoms. The van der Waals surface area contributed by atoms with E-state index >= 15 is 0 Å². The lowest BCUT2D eigenvalue weighted by molar-refractivity contribution is 0.436. The molecule has 1 N–H and O–H groups in total. The van der Waals surface area contributed by atoms with Crippen LogP contribution in [0.1, 0.15) is 0 Å². The van der Waals surface area contributed by atoms with Crippen LogP contribution in [0.25, 0.3) is 0 Å². The fraction of sp³-hybridized carbons (Fsp3) is 0.143. The van der Waals surface area contributed by atoms with Crippen LogP contribution in [0.4, 0.5) is 5.69 Å². The van der Waals surface area contributed by atoms with Crippen LogP contribution in [0.3, 0.4) is 0 Å². The molecule has 1 heterocycles. The minimum absolute atomic E-state index is 0.215. The van der Waals surface area contributed by atoms with Crippen LogP contribution in [0, 0.1) is 0 Å². The van der Waals surface area contributed by atoms with E-state index in [2.05, 4.69) is 13.7 Å². The molecule has 1 aromatic rings. The summed E-state index contributed by atoms with van der Waals surface area (Å²) in [5.41, 5.74) is 0.763. The third kappa shape index (κ3) is 1.40. The number of anilines is 1. The Morgan fingerprint density at radius 3 is 2.62 bits per heavy atom. The predicted molar refractivity (Wildman–Crippen MR) is 46.2 cm³/mol. The molecule has 0 fully saturated rings. The van der Waals surface area contributed by atoms with E-state index in [-0.39, 0.29) is 11.5 Å². The van der Waals surface area contributed by atoms with E-state index in [1.165, 1.54) is 6.07 Å². The lowest BCUT2D eigenvalue weighted by Gasteiger charge is -1.98. The average Bonchev–Trinajstić information content (AvgIpc) is 2.36. The molecule has 0 atom stereocenters. The Morgan fingerprint density at radius 1 is 1.23 bits per heavy atom. The number of nitrogens with one attached hydrogen (secondary N) is 1. The molecular weight excluding hydrogens is 194 g/mol. The minimum atomic E-state index is -3.86. The van der Waals surface area contributed by atoms with Crippen LogP contribution in [0.15, 0.2) is 18.2 Å². The normalized spacial score (nSPS) is 17.0. The van der Waals surface area contributed by atoms with Crippen molar-refractivity contribution in [3.8, 4) is 11.5 Å². The SMILES string of the molecule is CNc1ccc2c(c1)OS(=O)(=O)O2. The highest BCUT2D eigenvalue weighted by molar-refractivity contribution is 7.82. The molecule has 0 aromatic heterocycles. The van der Waals surface area contributed by atoms with Crippen LogP contribution in [-0.2, 0) is 10.4 Å². The van der Waals surface area contributed by atoms with Gasteiger partial charge in [-0.2, -0.15) is 0 Å². The van der Waals surface area contributed by atoms with Crippen LogP contribution in [0.5, 0.6) is 11.5 Å². The van der Waals surface area contributed by atoms with Crippen molar-refractivity contribution >= 4 is 16.1 Å². The molecule has 70 valence electrons. The van der Waals surface area contributed by atoms with E-state index in [0.29, 0.717) is 0 Å². The molecule has 2 rings (SSSR count). The number of benzene rings is 1.